The molecule has 0 saturated heterocycles. The van der Waals surface area contributed by atoms with Gasteiger partial charge in [0.15, 0.2) is 5.67 Å². The zero-order valence-corrected chi connectivity index (χ0v) is 11.0. The van der Waals surface area contributed by atoms with Crippen LogP contribution in [-0.2, 0) is 15.7 Å². The number of primary sulfonamides is 1. The lowest BCUT2D eigenvalue weighted by Crippen LogP contribution is -2.43. The molecule has 1 aromatic heterocycles. The summed E-state index contributed by atoms with van der Waals surface area (Å²) in [5, 5.41) is 3.34. The first-order valence-corrected chi connectivity index (χ1v) is 7.11. The lowest BCUT2D eigenvalue weighted by Gasteiger charge is -2.29. The van der Waals surface area contributed by atoms with Crippen LogP contribution in [0.25, 0.3) is 0 Å². The Morgan fingerprint density at radius 2 is 2.11 bits per heavy atom. The molecule has 0 aliphatic heterocycles. The van der Waals surface area contributed by atoms with Crippen molar-refractivity contribution in [1.29, 1.82) is 0 Å². The molecule has 1 heterocycles. The van der Waals surface area contributed by atoms with Gasteiger partial charge in [-0.05, 0) is 30.4 Å². The first-order valence-electron chi connectivity index (χ1n) is 5.12. The van der Waals surface area contributed by atoms with Crippen LogP contribution in [0.2, 0.25) is 5.02 Å². The number of nitrogens with two attached hydrogens (primary N) is 1. The Hall–Kier alpha value is -1.31. The van der Waals surface area contributed by atoms with Gasteiger partial charge < -0.3 is 0 Å². The molecular formula is C11H9ClF2N2O2S. The summed E-state index contributed by atoms with van der Waals surface area (Å²) in [5.74, 6) is -0.874. The fourth-order valence-electron chi connectivity index (χ4n) is 1.78. The lowest BCUT2D eigenvalue weighted by molar-refractivity contribution is 0.228. The Morgan fingerprint density at radius 1 is 1.42 bits per heavy atom. The second-order valence-corrected chi connectivity index (χ2v) is 6.15. The number of pyridine rings is 1. The largest absolute Gasteiger partial charge is 0.256 e. The average Bonchev–Trinajstić information content (AvgIpc) is 2.32. The molecule has 2 rings (SSSR count). The monoisotopic (exact) mass is 306 g/mol. The number of aromatic nitrogens is 1. The van der Waals surface area contributed by atoms with E-state index in [0.717, 1.165) is 12.2 Å². The normalized spacial score (nSPS) is 27.2. The fourth-order valence-corrected chi connectivity index (χ4v) is 2.89. The molecule has 0 fully saturated rings. The number of hydrogen-bond acceptors (Lipinski definition) is 3. The van der Waals surface area contributed by atoms with E-state index in [0.29, 0.717) is 6.08 Å². The second-order valence-electron chi connectivity index (χ2n) is 4.02. The minimum absolute atomic E-state index is 0.212. The van der Waals surface area contributed by atoms with E-state index in [1.165, 1.54) is 18.3 Å². The molecule has 1 aliphatic carbocycles. The van der Waals surface area contributed by atoms with Gasteiger partial charge in [-0.15, -0.1) is 0 Å². The van der Waals surface area contributed by atoms with Gasteiger partial charge in [-0.25, -0.2) is 22.3 Å². The molecular weight excluding hydrogens is 298 g/mol. The minimum atomic E-state index is -4.34. The van der Waals surface area contributed by atoms with Crippen LogP contribution in [0.15, 0.2) is 42.4 Å². The van der Waals surface area contributed by atoms with Crippen LogP contribution in [0.3, 0.4) is 0 Å². The highest BCUT2D eigenvalue weighted by Gasteiger charge is 2.47. The van der Waals surface area contributed by atoms with E-state index in [1.807, 2.05) is 0 Å². The summed E-state index contributed by atoms with van der Waals surface area (Å²) in [4.78, 5) is 3.73. The highest BCUT2D eigenvalue weighted by molar-refractivity contribution is 7.90. The van der Waals surface area contributed by atoms with Crippen molar-refractivity contribution in [2.24, 2.45) is 5.14 Å². The topological polar surface area (TPSA) is 73.1 Å². The van der Waals surface area contributed by atoms with E-state index in [4.69, 9.17) is 16.7 Å². The van der Waals surface area contributed by atoms with E-state index in [-0.39, 0.29) is 10.7 Å². The molecule has 19 heavy (non-hydrogen) atoms. The van der Waals surface area contributed by atoms with Crippen molar-refractivity contribution in [3.8, 4) is 0 Å². The molecule has 4 nitrogen and oxygen atoms in total. The van der Waals surface area contributed by atoms with Crippen LogP contribution in [-0.4, -0.2) is 18.7 Å². The Balaban J connectivity index is 2.57. The number of alkyl halides is 1. The molecule has 0 aromatic carbocycles. The van der Waals surface area contributed by atoms with Gasteiger partial charge in [0.05, 0.1) is 10.7 Å². The number of hydrogen-bond donors (Lipinski definition) is 1. The van der Waals surface area contributed by atoms with Crippen molar-refractivity contribution in [1.82, 2.24) is 4.98 Å². The summed E-state index contributed by atoms with van der Waals surface area (Å²) in [6.45, 7) is 0. The van der Waals surface area contributed by atoms with E-state index in [2.05, 4.69) is 4.98 Å². The standard InChI is InChI=1S/C11H9ClF2N2O2S/c12-7-1-2-9(16-6-7)11(14)4-3-8(13)5-10(11)19(15,17)18/h1-6,10H,(H2,15,17,18). The third-order valence-electron chi connectivity index (χ3n) is 2.68. The van der Waals surface area contributed by atoms with Gasteiger partial charge in [0.2, 0.25) is 10.0 Å². The first-order chi connectivity index (χ1) is 8.73. The average molecular weight is 307 g/mol. The second kappa shape index (κ2) is 4.66. The van der Waals surface area contributed by atoms with Crippen LogP contribution in [0.5, 0.6) is 0 Å². The van der Waals surface area contributed by atoms with Gasteiger partial charge in [-0.3, -0.25) is 4.98 Å². The molecule has 2 N–H and O–H groups in total. The molecule has 1 aliphatic rings. The zero-order valence-electron chi connectivity index (χ0n) is 9.42. The van der Waals surface area contributed by atoms with Crippen molar-refractivity contribution >= 4 is 21.6 Å². The smallest absolute Gasteiger partial charge is 0.219 e. The number of allylic oxidation sites excluding steroid dienone is 3. The van der Waals surface area contributed by atoms with Crippen LogP contribution >= 0.6 is 11.6 Å². The summed E-state index contributed by atoms with van der Waals surface area (Å²) in [6.07, 6.45) is 3.40. The first kappa shape index (κ1) is 14.1. The fraction of sp³-hybridized carbons (Fsp3) is 0.182. The molecule has 2 unspecified atom stereocenters. The molecule has 0 spiro atoms. The molecule has 8 heteroatoms. The minimum Gasteiger partial charge on any atom is -0.256 e. The van der Waals surface area contributed by atoms with Gasteiger partial charge in [0, 0.05) is 6.20 Å². The van der Waals surface area contributed by atoms with Crippen LogP contribution < -0.4 is 5.14 Å². The summed E-state index contributed by atoms with van der Waals surface area (Å²) in [7, 11) is -4.34. The van der Waals surface area contributed by atoms with E-state index < -0.39 is 26.8 Å². The maximum absolute atomic E-state index is 14.9. The van der Waals surface area contributed by atoms with Gasteiger partial charge in [0.25, 0.3) is 0 Å². The Kier molecular flexibility index (Phi) is 3.46. The summed E-state index contributed by atoms with van der Waals surface area (Å²) < 4.78 is 50.9. The summed E-state index contributed by atoms with van der Waals surface area (Å²) in [5.41, 5.74) is -2.75. The third-order valence-corrected chi connectivity index (χ3v) is 4.09. The molecule has 102 valence electrons. The molecule has 0 saturated carbocycles. The lowest BCUT2D eigenvalue weighted by atomic mass is 9.92. The Bertz CT molecular complexity index is 658. The quantitative estimate of drug-likeness (QED) is 0.908. The van der Waals surface area contributed by atoms with Crippen molar-refractivity contribution in [2.75, 3.05) is 0 Å². The molecule has 0 bridgehead atoms. The molecule has 2 atom stereocenters. The van der Waals surface area contributed by atoms with Crippen molar-refractivity contribution in [3.63, 3.8) is 0 Å². The van der Waals surface area contributed by atoms with Gasteiger partial charge >= 0.3 is 0 Å². The Labute approximate surface area is 113 Å². The van der Waals surface area contributed by atoms with Crippen molar-refractivity contribution < 1.29 is 17.2 Å². The molecule has 0 amide bonds. The Morgan fingerprint density at radius 3 is 2.63 bits per heavy atom. The van der Waals surface area contributed by atoms with Crippen LogP contribution in [0.4, 0.5) is 8.78 Å². The zero-order chi connectivity index (χ0) is 14.3. The number of halogens is 3. The maximum atomic E-state index is 14.9. The predicted molar refractivity (Wildman–Crippen MR) is 67.3 cm³/mol. The van der Waals surface area contributed by atoms with Crippen molar-refractivity contribution in [3.05, 3.63) is 53.1 Å². The van der Waals surface area contributed by atoms with Crippen molar-refractivity contribution in [2.45, 2.75) is 10.9 Å². The van der Waals surface area contributed by atoms with Crippen LogP contribution in [0.1, 0.15) is 5.69 Å². The van der Waals surface area contributed by atoms with E-state index in [1.54, 1.807) is 0 Å². The summed E-state index contributed by atoms with van der Waals surface area (Å²) >= 11 is 5.63. The van der Waals surface area contributed by atoms with Gasteiger partial charge in [0.1, 0.15) is 11.1 Å². The van der Waals surface area contributed by atoms with Crippen LogP contribution in [0, 0.1) is 0 Å². The van der Waals surface area contributed by atoms with E-state index in [9.17, 15) is 17.2 Å². The highest BCUT2D eigenvalue weighted by atomic mass is 35.5. The summed E-state index contributed by atoms with van der Waals surface area (Å²) in [6, 6.07) is 2.58. The molecule has 1 aromatic rings. The predicted octanol–water partition coefficient (Wildman–Crippen LogP) is 1.98. The number of nitrogens with zero attached hydrogens (tertiary/aromatic N) is 1. The van der Waals surface area contributed by atoms with Gasteiger partial charge in [-0.1, -0.05) is 11.6 Å². The highest BCUT2D eigenvalue weighted by Crippen LogP contribution is 2.38. The van der Waals surface area contributed by atoms with E-state index >= 15 is 0 Å². The van der Waals surface area contributed by atoms with Gasteiger partial charge in [-0.2, -0.15) is 0 Å². The SMILES string of the molecule is NS(=O)(=O)C1C=C(F)C=CC1(F)c1ccc(Cl)cn1. The maximum Gasteiger partial charge on any atom is 0.219 e. The number of sulfonamides is 1. The third kappa shape index (κ3) is 2.68. The number of rotatable bonds is 2. The molecule has 0 radical (unpaired) electrons.